The molecule has 2 amide bonds. The first kappa shape index (κ1) is 20.3. The zero-order chi connectivity index (χ0) is 20.6. The highest BCUT2D eigenvalue weighted by Crippen LogP contribution is 2.15. The van der Waals surface area contributed by atoms with Gasteiger partial charge in [0.25, 0.3) is 0 Å². The quantitative estimate of drug-likeness (QED) is 0.634. The van der Waals surface area contributed by atoms with Gasteiger partial charge in [-0.15, -0.1) is 0 Å². The van der Waals surface area contributed by atoms with Crippen molar-refractivity contribution in [2.24, 2.45) is 0 Å². The first-order valence-corrected chi connectivity index (χ1v) is 9.38. The highest BCUT2D eigenvalue weighted by Gasteiger charge is 2.28. The van der Waals surface area contributed by atoms with Gasteiger partial charge in [-0.25, -0.2) is 4.39 Å². The third-order valence-electron chi connectivity index (χ3n) is 4.64. The molecule has 29 heavy (non-hydrogen) atoms. The van der Waals surface area contributed by atoms with E-state index in [1.807, 2.05) is 30.3 Å². The lowest BCUT2D eigenvalue weighted by Gasteiger charge is -2.30. The summed E-state index contributed by atoms with van der Waals surface area (Å²) in [5, 5.41) is 2.85. The van der Waals surface area contributed by atoms with E-state index in [1.54, 1.807) is 30.5 Å². The second kappa shape index (κ2) is 9.68. The first-order chi connectivity index (χ1) is 14.0. The van der Waals surface area contributed by atoms with E-state index in [-0.39, 0.29) is 30.7 Å². The van der Waals surface area contributed by atoms with Crippen molar-refractivity contribution in [1.82, 2.24) is 10.2 Å². The van der Waals surface area contributed by atoms with Gasteiger partial charge in [0, 0.05) is 19.9 Å². The third-order valence-corrected chi connectivity index (χ3v) is 4.64. The van der Waals surface area contributed by atoms with E-state index < -0.39 is 6.04 Å². The van der Waals surface area contributed by atoms with E-state index in [9.17, 15) is 14.0 Å². The van der Waals surface area contributed by atoms with E-state index >= 15 is 0 Å². The number of amides is 2. The average Bonchev–Trinajstić information content (AvgIpc) is 3.24. The second-order valence-corrected chi connectivity index (χ2v) is 6.78. The van der Waals surface area contributed by atoms with E-state index in [0.717, 1.165) is 11.1 Å². The van der Waals surface area contributed by atoms with Crippen molar-refractivity contribution in [2.75, 3.05) is 0 Å². The van der Waals surface area contributed by atoms with Gasteiger partial charge in [-0.2, -0.15) is 0 Å². The molecule has 1 aromatic heterocycles. The van der Waals surface area contributed by atoms with E-state index in [0.29, 0.717) is 12.2 Å². The van der Waals surface area contributed by atoms with Gasteiger partial charge in [-0.1, -0.05) is 42.5 Å². The average molecular weight is 394 g/mol. The molecule has 3 rings (SSSR count). The highest BCUT2D eigenvalue weighted by atomic mass is 19.1. The van der Waals surface area contributed by atoms with E-state index in [1.165, 1.54) is 24.0 Å². The molecule has 5 nitrogen and oxygen atoms in total. The van der Waals surface area contributed by atoms with Crippen LogP contribution in [0.4, 0.5) is 4.39 Å². The van der Waals surface area contributed by atoms with Crippen LogP contribution < -0.4 is 5.32 Å². The molecule has 150 valence electrons. The van der Waals surface area contributed by atoms with Gasteiger partial charge in [0.15, 0.2) is 0 Å². The summed E-state index contributed by atoms with van der Waals surface area (Å²) in [6.45, 7) is 1.88. The molecular formula is C23H23FN2O3. The summed E-state index contributed by atoms with van der Waals surface area (Å²) >= 11 is 0. The number of furan rings is 1. The minimum atomic E-state index is -0.713. The summed E-state index contributed by atoms with van der Waals surface area (Å²) in [5.41, 5.74) is 1.69. The van der Waals surface area contributed by atoms with Crippen molar-refractivity contribution in [3.8, 4) is 0 Å². The van der Waals surface area contributed by atoms with Crippen LogP contribution in [0.3, 0.4) is 0 Å². The largest absolute Gasteiger partial charge is 0.467 e. The predicted octanol–water partition coefficient (Wildman–Crippen LogP) is 3.69. The number of benzene rings is 2. The summed E-state index contributed by atoms with van der Waals surface area (Å²) in [7, 11) is 0. The lowest BCUT2D eigenvalue weighted by Crippen LogP contribution is -2.49. The number of rotatable bonds is 8. The van der Waals surface area contributed by atoms with Crippen LogP contribution in [0.25, 0.3) is 0 Å². The van der Waals surface area contributed by atoms with Crippen LogP contribution >= 0.6 is 0 Å². The van der Waals surface area contributed by atoms with Gasteiger partial charge >= 0.3 is 0 Å². The first-order valence-electron chi connectivity index (χ1n) is 9.38. The molecule has 0 radical (unpaired) electrons. The Kier molecular flexibility index (Phi) is 6.79. The van der Waals surface area contributed by atoms with Crippen molar-refractivity contribution < 1.29 is 18.4 Å². The van der Waals surface area contributed by atoms with E-state index in [2.05, 4.69) is 5.32 Å². The third kappa shape index (κ3) is 5.78. The number of carbonyl (C=O) groups is 2. The van der Waals surface area contributed by atoms with Crippen LogP contribution in [0.5, 0.6) is 0 Å². The fourth-order valence-electron chi connectivity index (χ4n) is 3.11. The van der Waals surface area contributed by atoms with Crippen molar-refractivity contribution in [3.05, 3.63) is 95.7 Å². The number of nitrogens with one attached hydrogen (secondary N) is 1. The molecule has 0 bridgehead atoms. The molecule has 6 heteroatoms. The zero-order valence-corrected chi connectivity index (χ0v) is 16.2. The molecule has 1 atom stereocenters. The van der Waals surface area contributed by atoms with Crippen LogP contribution in [0, 0.1) is 5.82 Å². The maximum absolute atomic E-state index is 13.2. The van der Waals surface area contributed by atoms with Crippen LogP contribution in [-0.4, -0.2) is 22.8 Å². The minimum Gasteiger partial charge on any atom is -0.467 e. The van der Waals surface area contributed by atoms with Crippen molar-refractivity contribution in [3.63, 3.8) is 0 Å². The standard InChI is InChI=1S/C23H23FN2O3/c1-17(27)26(16-19-9-11-20(24)12-10-19)22(14-18-6-3-2-4-7-18)23(28)25-15-21-8-5-13-29-21/h2-13,22H,14-16H2,1H3,(H,25,28). The van der Waals surface area contributed by atoms with Gasteiger partial charge in [0.05, 0.1) is 12.8 Å². The summed E-state index contributed by atoms with van der Waals surface area (Å²) in [6, 6.07) is 18.3. The maximum Gasteiger partial charge on any atom is 0.243 e. The highest BCUT2D eigenvalue weighted by molar-refractivity contribution is 5.87. The SMILES string of the molecule is CC(=O)N(Cc1ccc(F)cc1)C(Cc1ccccc1)C(=O)NCc1ccco1. The molecule has 0 spiro atoms. The zero-order valence-electron chi connectivity index (χ0n) is 16.2. The Balaban J connectivity index is 1.82. The molecule has 0 fully saturated rings. The maximum atomic E-state index is 13.2. The molecule has 0 saturated carbocycles. The Bertz CT molecular complexity index is 925. The van der Waals surface area contributed by atoms with Crippen molar-refractivity contribution in [1.29, 1.82) is 0 Å². The van der Waals surface area contributed by atoms with Gasteiger partial charge < -0.3 is 14.6 Å². The number of carbonyl (C=O) groups excluding carboxylic acids is 2. The van der Waals surface area contributed by atoms with Crippen LogP contribution in [-0.2, 0) is 29.1 Å². The number of hydrogen-bond acceptors (Lipinski definition) is 3. The van der Waals surface area contributed by atoms with Gasteiger partial charge in [-0.05, 0) is 35.4 Å². The summed E-state index contributed by atoms with van der Waals surface area (Å²) in [4.78, 5) is 27.0. The van der Waals surface area contributed by atoms with Crippen LogP contribution in [0.15, 0.2) is 77.4 Å². The fourth-order valence-corrected chi connectivity index (χ4v) is 3.11. The lowest BCUT2D eigenvalue weighted by atomic mass is 10.0. The molecule has 3 aromatic rings. The Labute approximate surface area is 169 Å². The Morgan fingerprint density at radius 1 is 1.00 bits per heavy atom. The fraction of sp³-hybridized carbons (Fsp3) is 0.217. The molecule has 0 aliphatic carbocycles. The number of halogens is 1. The normalized spacial score (nSPS) is 11.7. The van der Waals surface area contributed by atoms with Gasteiger partial charge in [-0.3, -0.25) is 9.59 Å². The van der Waals surface area contributed by atoms with E-state index in [4.69, 9.17) is 4.42 Å². The summed E-state index contributed by atoms with van der Waals surface area (Å²) in [6.07, 6.45) is 1.91. The molecule has 0 saturated heterocycles. The molecular weight excluding hydrogens is 371 g/mol. The van der Waals surface area contributed by atoms with Crippen LogP contribution in [0.2, 0.25) is 0 Å². The lowest BCUT2D eigenvalue weighted by molar-refractivity contribution is -0.139. The number of hydrogen-bond donors (Lipinski definition) is 1. The summed E-state index contributed by atoms with van der Waals surface area (Å²) in [5.74, 6) is -0.226. The Morgan fingerprint density at radius 2 is 1.72 bits per heavy atom. The predicted molar refractivity (Wildman–Crippen MR) is 107 cm³/mol. The Hall–Kier alpha value is -3.41. The van der Waals surface area contributed by atoms with Crippen LogP contribution in [0.1, 0.15) is 23.8 Å². The molecule has 1 heterocycles. The second-order valence-electron chi connectivity index (χ2n) is 6.78. The monoisotopic (exact) mass is 394 g/mol. The van der Waals surface area contributed by atoms with Crippen molar-refractivity contribution in [2.45, 2.75) is 32.5 Å². The smallest absolute Gasteiger partial charge is 0.243 e. The molecule has 0 aliphatic heterocycles. The van der Waals surface area contributed by atoms with Gasteiger partial charge in [0.1, 0.15) is 17.6 Å². The minimum absolute atomic E-state index is 0.210. The van der Waals surface area contributed by atoms with Gasteiger partial charge in [0.2, 0.25) is 11.8 Å². The molecule has 2 aromatic carbocycles. The molecule has 1 unspecified atom stereocenters. The number of nitrogens with zero attached hydrogens (tertiary/aromatic N) is 1. The summed E-state index contributed by atoms with van der Waals surface area (Å²) < 4.78 is 18.5. The van der Waals surface area contributed by atoms with Crippen molar-refractivity contribution >= 4 is 11.8 Å². The molecule has 0 aliphatic rings. The topological polar surface area (TPSA) is 62.6 Å². The Morgan fingerprint density at radius 3 is 2.34 bits per heavy atom. The molecule has 1 N–H and O–H groups in total.